The molecule has 0 spiro atoms. The molecule has 2 heterocycles. The molecule has 0 aliphatic carbocycles. The van der Waals surface area contributed by atoms with Gasteiger partial charge in [0.05, 0.1) is 4.92 Å². The van der Waals surface area contributed by atoms with E-state index in [0.29, 0.717) is 12.4 Å². The van der Waals surface area contributed by atoms with Crippen molar-refractivity contribution < 1.29 is 4.92 Å². The molecule has 0 radical (unpaired) electrons. The highest BCUT2D eigenvalue weighted by molar-refractivity contribution is 5.57. The zero-order valence-corrected chi connectivity index (χ0v) is 10.3. The number of nitrogen functional groups attached to an aromatic ring is 1. The van der Waals surface area contributed by atoms with Gasteiger partial charge in [-0.25, -0.2) is 4.98 Å². The van der Waals surface area contributed by atoms with E-state index >= 15 is 0 Å². The molecule has 2 rings (SSSR count). The number of aryl methyl sites for hydroxylation is 1. The predicted octanol–water partition coefficient (Wildman–Crippen LogP) is 1.89. The molecule has 0 atom stereocenters. The van der Waals surface area contributed by atoms with Gasteiger partial charge >= 0.3 is 5.69 Å². The van der Waals surface area contributed by atoms with Crippen molar-refractivity contribution in [2.45, 2.75) is 13.5 Å². The lowest BCUT2D eigenvalue weighted by Gasteiger charge is -2.06. The average Bonchev–Trinajstić information content (AvgIpc) is 2.37. The number of nitro groups is 1. The Labute approximate surface area is 109 Å². The third-order valence-electron chi connectivity index (χ3n) is 2.55. The van der Waals surface area contributed by atoms with Gasteiger partial charge in [-0.2, -0.15) is 0 Å². The summed E-state index contributed by atoms with van der Waals surface area (Å²) >= 11 is 0. The predicted molar refractivity (Wildman–Crippen MR) is 71.6 cm³/mol. The fourth-order valence-electron chi connectivity index (χ4n) is 1.52. The minimum Gasteiger partial charge on any atom is -0.378 e. The first-order valence-electron chi connectivity index (χ1n) is 5.62. The molecule has 2 aromatic heterocycles. The average molecular weight is 259 g/mol. The van der Waals surface area contributed by atoms with Crippen molar-refractivity contribution in [2.24, 2.45) is 0 Å². The summed E-state index contributed by atoms with van der Waals surface area (Å²) in [5.41, 5.74) is 7.25. The van der Waals surface area contributed by atoms with Crippen LogP contribution in [-0.2, 0) is 6.54 Å². The number of nitrogens with two attached hydrogens (primary N) is 1. The lowest BCUT2D eigenvalue weighted by atomic mass is 10.2. The van der Waals surface area contributed by atoms with Crippen LogP contribution in [0.15, 0.2) is 30.5 Å². The molecule has 0 amide bonds. The highest BCUT2D eigenvalue weighted by atomic mass is 16.6. The Hall–Kier alpha value is -2.70. The smallest absolute Gasteiger partial charge is 0.311 e. The van der Waals surface area contributed by atoms with Crippen molar-refractivity contribution in [2.75, 3.05) is 11.1 Å². The van der Waals surface area contributed by atoms with E-state index in [1.807, 2.05) is 19.1 Å². The summed E-state index contributed by atoms with van der Waals surface area (Å²) in [5, 5.41) is 13.6. The second-order valence-electron chi connectivity index (χ2n) is 4.02. The first-order chi connectivity index (χ1) is 9.06. The fourth-order valence-corrected chi connectivity index (χ4v) is 1.52. The Morgan fingerprint density at radius 1 is 1.37 bits per heavy atom. The molecule has 3 N–H and O–H groups in total. The molecule has 0 bridgehead atoms. The normalized spacial score (nSPS) is 10.2. The first kappa shape index (κ1) is 12.7. The molecular formula is C12H13N5O2. The van der Waals surface area contributed by atoms with Crippen LogP contribution in [0.4, 0.5) is 17.3 Å². The summed E-state index contributed by atoms with van der Waals surface area (Å²) in [4.78, 5) is 18.1. The van der Waals surface area contributed by atoms with E-state index < -0.39 is 4.92 Å². The third kappa shape index (κ3) is 3.15. The molecule has 0 unspecified atom stereocenters. The number of aromatic nitrogens is 2. The fraction of sp³-hybridized carbons (Fsp3) is 0.167. The Morgan fingerprint density at radius 2 is 2.16 bits per heavy atom. The maximum atomic E-state index is 10.6. The largest absolute Gasteiger partial charge is 0.378 e. The van der Waals surface area contributed by atoms with Gasteiger partial charge in [-0.15, -0.1) is 0 Å². The monoisotopic (exact) mass is 259 g/mol. The van der Waals surface area contributed by atoms with E-state index in [4.69, 9.17) is 5.73 Å². The van der Waals surface area contributed by atoms with Crippen LogP contribution in [0.3, 0.4) is 0 Å². The van der Waals surface area contributed by atoms with Gasteiger partial charge in [0.1, 0.15) is 5.82 Å². The molecule has 2 aromatic rings. The van der Waals surface area contributed by atoms with Crippen molar-refractivity contribution in [3.8, 4) is 0 Å². The molecule has 0 saturated carbocycles. The lowest BCUT2D eigenvalue weighted by Crippen LogP contribution is -2.05. The van der Waals surface area contributed by atoms with Gasteiger partial charge in [-0.1, -0.05) is 6.07 Å². The topological polar surface area (TPSA) is 107 Å². The van der Waals surface area contributed by atoms with Crippen molar-refractivity contribution in [3.05, 3.63) is 51.8 Å². The second kappa shape index (κ2) is 5.30. The van der Waals surface area contributed by atoms with Crippen LogP contribution in [0.25, 0.3) is 0 Å². The van der Waals surface area contributed by atoms with Crippen molar-refractivity contribution in [3.63, 3.8) is 0 Å². The number of hydrogen-bond donors (Lipinski definition) is 2. The third-order valence-corrected chi connectivity index (χ3v) is 2.55. The van der Waals surface area contributed by atoms with E-state index in [-0.39, 0.29) is 11.5 Å². The van der Waals surface area contributed by atoms with E-state index in [2.05, 4.69) is 15.3 Å². The van der Waals surface area contributed by atoms with Gasteiger partial charge in [0, 0.05) is 24.5 Å². The van der Waals surface area contributed by atoms with Gasteiger partial charge in [-0.3, -0.25) is 15.1 Å². The minimum absolute atomic E-state index is 0.1000. The summed E-state index contributed by atoms with van der Waals surface area (Å²) in [6.07, 6.45) is 1.76. The molecule has 19 heavy (non-hydrogen) atoms. The maximum Gasteiger partial charge on any atom is 0.311 e. The quantitative estimate of drug-likeness (QED) is 0.641. The van der Waals surface area contributed by atoms with Gasteiger partial charge in [0.15, 0.2) is 0 Å². The Balaban J connectivity index is 2.06. The highest BCUT2D eigenvalue weighted by Crippen LogP contribution is 2.20. The zero-order chi connectivity index (χ0) is 13.8. The van der Waals surface area contributed by atoms with E-state index in [1.165, 1.54) is 12.1 Å². The zero-order valence-electron chi connectivity index (χ0n) is 10.3. The molecule has 0 aromatic carbocycles. The summed E-state index contributed by atoms with van der Waals surface area (Å²) in [5.74, 6) is 0.390. The summed E-state index contributed by atoms with van der Waals surface area (Å²) in [7, 11) is 0. The number of anilines is 2. The summed E-state index contributed by atoms with van der Waals surface area (Å²) in [6.45, 7) is 2.44. The lowest BCUT2D eigenvalue weighted by molar-refractivity contribution is -0.384. The van der Waals surface area contributed by atoms with Gasteiger partial charge in [0.2, 0.25) is 5.82 Å². The second-order valence-corrected chi connectivity index (χ2v) is 4.02. The Bertz CT molecular complexity index is 598. The maximum absolute atomic E-state index is 10.6. The van der Waals surface area contributed by atoms with Crippen LogP contribution >= 0.6 is 0 Å². The molecule has 98 valence electrons. The standard InChI is InChI=1S/C12H13N5O2/c1-8-2-3-9(6-14-8)7-15-11-5-4-10(17(18)19)12(13)16-11/h2-6H,7H2,1H3,(H3,13,15,16). The Morgan fingerprint density at radius 3 is 2.74 bits per heavy atom. The summed E-state index contributed by atoms with van der Waals surface area (Å²) in [6, 6.07) is 6.72. The van der Waals surface area contributed by atoms with Crippen LogP contribution in [-0.4, -0.2) is 14.9 Å². The van der Waals surface area contributed by atoms with E-state index in [0.717, 1.165) is 11.3 Å². The van der Waals surface area contributed by atoms with E-state index in [9.17, 15) is 10.1 Å². The van der Waals surface area contributed by atoms with Crippen molar-refractivity contribution in [1.29, 1.82) is 0 Å². The number of nitrogens with zero attached hydrogens (tertiary/aromatic N) is 3. The molecule has 7 heteroatoms. The van der Waals surface area contributed by atoms with Crippen molar-refractivity contribution >= 4 is 17.3 Å². The van der Waals surface area contributed by atoms with Gasteiger partial charge in [-0.05, 0) is 24.6 Å². The SMILES string of the molecule is Cc1ccc(CNc2ccc([N+](=O)[O-])c(N)n2)cn1. The molecule has 0 aliphatic rings. The number of hydrogen-bond acceptors (Lipinski definition) is 6. The molecule has 0 fully saturated rings. The Kier molecular flexibility index (Phi) is 3.56. The minimum atomic E-state index is -0.560. The number of rotatable bonds is 4. The molecule has 7 nitrogen and oxygen atoms in total. The molecule has 0 aliphatic heterocycles. The highest BCUT2D eigenvalue weighted by Gasteiger charge is 2.12. The van der Waals surface area contributed by atoms with Crippen molar-refractivity contribution in [1.82, 2.24) is 9.97 Å². The van der Waals surface area contributed by atoms with Gasteiger partial charge in [0.25, 0.3) is 0 Å². The number of pyridine rings is 2. The molecule has 0 saturated heterocycles. The molecular weight excluding hydrogens is 246 g/mol. The van der Waals surface area contributed by atoms with Crippen LogP contribution in [0.5, 0.6) is 0 Å². The van der Waals surface area contributed by atoms with Crippen LogP contribution in [0.2, 0.25) is 0 Å². The van der Waals surface area contributed by atoms with Crippen LogP contribution < -0.4 is 11.1 Å². The van der Waals surface area contributed by atoms with Crippen LogP contribution in [0.1, 0.15) is 11.3 Å². The number of nitrogens with one attached hydrogen (secondary N) is 1. The van der Waals surface area contributed by atoms with E-state index in [1.54, 1.807) is 6.20 Å². The van der Waals surface area contributed by atoms with Gasteiger partial charge < -0.3 is 11.1 Å². The first-order valence-corrected chi connectivity index (χ1v) is 5.62. The van der Waals surface area contributed by atoms with Crippen LogP contribution in [0, 0.1) is 17.0 Å². The summed E-state index contributed by atoms with van der Waals surface area (Å²) < 4.78 is 0.